The predicted octanol–water partition coefficient (Wildman–Crippen LogP) is 3.72. The number of aryl methyl sites for hydroxylation is 1. The van der Waals surface area contributed by atoms with Crippen LogP contribution in [0.2, 0.25) is 0 Å². The first kappa shape index (κ1) is 24.2. The second-order valence-electron chi connectivity index (χ2n) is 8.46. The molecule has 0 saturated heterocycles. The van der Waals surface area contributed by atoms with E-state index in [1.165, 1.54) is 12.0 Å². The Kier molecular flexibility index (Phi) is 7.60. The maximum Gasteiger partial charge on any atom is 0.258 e. The van der Waals surface area contributed by atoms with Gasteiger partial charge in [-0.25, -0.2) is 0 Å². The Morgan fingerprint density at radius 2 is 1.71 bits per heavy atom. The van der Waals surface area contributed by atoms with Crippen LogP contribution in [0.5, 0.6) is 0 Å². The van der Waals surface area contributed by atoms with Gasteiger partial charge in [0.25, 0.3) is 5.91 Å². The third-order valence-corrected chi connectivity index (χ3v) is 6.06. The van der Waals surface area contributed by atoms with Gasteiger partial charge in [-0.05, 0) is 41.3 Å². The average Bonchev–Trinajstić information content (AvgIpc) is 3.32. The molecule has 0 aliphatic carbocycles. The summed E-state index contributed by atoms with van der Waals surface area (Å²) < 4.78 is 0. The zero-order valence-corrected chi connectivity index (χ0v) is 19.8. The van der Waals surface area contributed by atoms with Gasteiger partial charge in [0.1, 0.15) is 6.04 Å². The van der Waals surface area contributed by atoms with Crippen molar-refractivity contribution in [3.05, 3.63) is 107 Å². The monoisotopic (exact) mass is 471 g/mol. The number of benzene rings is 3. The van der Waals surface area contributed by atoms with Gasteiger partial charge in [0.05, 0.1) is 18.9 Å². The van der Waals surface area contributed by atoms with E-state index >= 15 is 0 Å². The van der Waals surface area contributed by atoms with Gasteiger partial charge in [-0.3, -0.25) is 19.9 Å². The molecule has 1 aliphatic heterocycles. The molecule has 3 N–H and O–H groups in total. The number of carbonyl (C=O) groups is 2. The van der Waals surface area contributed by atoms with Crippen LogP contribution in [0.15, 0.2) is 90.8 Å². The molecule has 3 aromatic carbocycles. The highest BCUT2D eigenvalue weighted by Crippen LogP contribution is 2.26. The van der Waals surface area contributed by atoms with Gasteiger partial charge in [-0.2, -0.15) is 0 Å². The number of amides is 2. The zero-order valence-electron chi connectivity index (χ0n) is 19.8. The number of hydrogen-bond donors (Lipinski definition) is 3. The summed E-state index contributed by atoms with van der Waals surface area (Å²) in [6, 6.07) is 23.8. The number of hydrogen-bond acceptors (Lipinski definition) is 5. The molecular formula is C28H29N3O4. The Balaban J connectivity index is 1.48. The number of nitrogens with one attached hydrogen (secondary N) is 2. The fourth-order valence-corrected chi connectivity index (χ4v) is 4.18. The number of hydroxylamine groups is 1. The van der Waals surface area contributed by atoms with Crippen molar-refractivity contribution < 1.29 is 19.5 Å². The molecule has 35 heavy (non-hydrogen) atoms. The van der Waals surface area contributed by atoms with Crippen LogP contribution in [0, 0.1) is 6.92 Å². The predicted molar refractivity (Wildman–Crippen MR) is 134 cm³/mol. The van der Waals surface area contributed by atoms with E-state index in [0.29, 0.717) is 16.8 Å². The van der Waals surface area contributed by atoms with E-state index in [0.717, 1.165) is 16.7 Å². The van der Waals surface area contributed by atoms with E-state index in [4.69, 9.17) is 4.84 Å². The normalized spacial score (nSPS) is 15.9. The third-order valence-electron chi connectivity index (χ3n) is 6.06. The molecule has 0 spiro atoms. The van der Waals surface area contributed by atoms with Crippen molar-refractivity contribution in [1.29, 1.82) is 0 Å². The Morgan fingerprint density at radius 1 is 1.03 bits per heavy atom. The van der Waals surface area contributed by atoms with Crippen LogP contribution in [-0.2, 0) is 9.63 Å². The molecule has 1 unspecified atom stereocenters. The summed E-state index contributed by atoms with van der Waals surface area (Å²) in [7, 11) is 1.47. The van der Waals surface area contributed by atoms with E-state index in [2.05, 4.69) is 10.8 Å². The van der Waals surface area contributed by atoms with Crippen LogP contribution < -0.4 is 10.8 Å². The molecule has 180 valence electrons. The fourth-order valence-electron chi connectivity index (χ4n) is 4.18. The molecule has 7 nitrogen and oxygen atoms in total. The largest absolute Gasteiger partial charge is 0.387 e. The van der Waals surface area contributed by atoms with Crippen LogP contribution in [0.25, 0.3) is 11.1 Å². The standard InChI is InChI=1S/C28H29N3O4/c1-19-8-6-7-11-24(19)20-12-14-22(15-13-20)28(34)31-18-23(30-35-2)16-25(31)27(33)29-17-26(32)21-9-4-3-5-10-21/h3-15,18,25-26,30,32H,16-17H2,1-2H3,(H,29,33)/t25-,26?/m0/s1. The number of carbonyl (C=O) groups excluding carboxylic acids is 2. The molecule has 0 saturated carbocycles. The molecular weight excluding hydrogens is 442 g/mol. The van der Waals surface area contributed by atoms with Crippen LogP contribution in [0.3, 0.4) is 0 Å². The Hall–Kier alpha value is -3.94. The number of nitrogens with zero attached hydrogens (tertiary/aromatic N) is 1. The van der Waals surface area contributed by atoms with Crippen molar-refractivity contribution in [2.24, 2.45) is 0 Å². The van der Waals surface area contributed by atoms with Crippen molar-refractivity contribution in [3.8, 4) is 11.1 Å². The molecule has 0 fully saturated rings. The molecule has 3 aromatic rings. The van der Waals surface area contributed by atoms with Crippen molar-refractivity contribution in [1.82, 2.24) is 15.7 Å². The summed E-state index contributed by atoms with van der Waals surface area (Å²) in [5, 5.41) is 13.2. The van der Waals surface area contributed by atoms with E-state index in [9.17, 15) is 14.7 Å². The summed E-state index contributed by atoms with van der Waals surface area (Å²) in [6.07, 6.45) is 1.02. The van der Waals surface area contributed by atoms with Gasteiger partial charge < -0.3 is 15.3 Å². The minimum Gasteiger partial charge on any atom is -0.387 e. The lowest BCUT2D eigenvalue weighted by molar-refractivity contribution is -0.125. The van der Waals surface area contributed by atoms with Gasteiger partial charge >= 0.3 is 0 Å². The quantitative estimate of drug-likeness (QED) is 0.436. The Morgan fingerprint density at radius 3 is 2.40 bits per heavy atom. The zero-order chi connectivity index (χ0) is 24.8. The minimum absolute atomic E-state index is 0.0412. The van der Waals surface area contributed by atoms with Gasteiger partial charge in [0.2, 0.25) is 5.91 Å². The van der Waals surface area contributed by atoms with Gasteiger partial charge in [0.15, 0.2) is 0 Å². The first-order chi connectivity index (χ1) is 17.0. The Bertz CT molecular complexity index is 1210. The third kappa shape index (κ3) is 5.59. The number of aliphatic hydroxyl groups excluding tert-OH is 1. The second kappa shape index (κ2) is 11.0. The number of rotatable bonds is 8. The maximum absolute atomic E-state index is 13.4. The van der Waals surface area contributed by atoms with Crippen LogP contribution >= 0.6 is 0 Å². The van der Waals surface area contributed by atoms with Gasteiger partial charge in [-0.1, -0.05) is 66.7 Å². The SMILES string of the molecule is CONC1=CN(C(=O)c2ccc(-c3ccccc3C)cc2)[C@H](C(=O)NCC(O)c2ccccc2)C1. The van der Waals surface area contributed by atoms with E-state index in [1.54, 1.807) is 30.5 Å². The van der Waals surface area contributed by atoms with Crippen LogP contribution in [0.4, 0.5) is 0 Å². The highest BCUT2D eigenvalue weighted by molar-refractivity contribution is 5.99. The molecule has 4 rings (SSSR count). The first-order valence-corrected chi connectivity index (χ1v) is 11.5. The smallest absolute Gasteiger partial charge is 0.258 e. The number of aliphatic hydroxyl groups is 1. The van der Waals surface area contributed by atoms with Crippen LogP contribution in [0.1, 0.15) is 34.0 Å². The summed E-state index contributed by atoms with van der Waals surface area (Å²) in [4.78, 5) is 32.8. The highest BCUT2D eigenvalue weighted by atomic mass is 16.6. The van der Waals surface area contributed by atoms with Crippen molar-refractivity contribution in [2.75, 3.05) is 13.7 Å². The summed E-state index contributed by atoms with van der Waals surface area (Å²) in [5.41, 5.74) is 7.80. The lowest BCUT2D eigenvalue weighted by Gasteiger charge is -2.23. The molecule has 0 bridgehead atoms. The topological polar surface area (TPSA) is 90.9 Å². The second-order valence-corrected chi connectivity index (χ2v) is 8.46. The van der Waals surface area contributed by atoms with Crippen molar-refractivity contribution >= 4 is 11.8 Å². The lowest BCUT2D eigenvalue weighted by atomic mass is 9.99. The van der Waals surface area contributed by atoms with E-state index in [-0.39, 0.29) is 24.8 Å². The molecule has 0 radical (unpaired) electrons. The summed E-state index contributed by atoms with van der Waals surface area (Å²) >= 11 is 0. The molecule has 2 atom stereocenters. The van der Waals surface area contributed by atoms with E-state index in [1.807, 2.05) is 61.5 Å². The molecule has 0 aromatic heterocycles. The fraction of sp³-hybridized carbons (Fsp3) is 0.214. The van der Waals surface area contributed by atoms with Gasteiger partial charge in [-0.15, -0.1) is 0 Å². The maximum atomic E-state index is 13.4. The molecule has 1 aliphatic rings. The lowest BCUT2D eigenvalue weighted by Crippen LogP contribution is -2.45. The van der Waals surface area contributed by atoms with Crippen molar-refractivity contribution in [3.63, 3.8) is 0 Å². The van der Waals surface area contributed by atoms with E-state index < -0.39 is 12.1 Å². The average molecular weight is 472 g/mol. The molecule has 2 amide bonds. The molecule has 7 heteroatoms. The summed E-state index contributed by atoms with van der Waals surface area (Å²) in [6.45, 7) is 2.09. The summed E-state index contributed by atoms with van der Waals surface area (Å²) in [5.74, 6) is -0.646. The first-order valence-electron chi connectivity index (χ1n) is 11.5. The molecule has 1 heterocycles. The van der Waals surface area contributed by atoms with Crippen molar-refractivity contribution in [2.45, 2.75) is 25.5 Å². The van der Waals surface area contributed by atoms with Crippen LogP contribution in [-0.4, -0.2) is 41.5 Å². The van der Waals surface area contributed by atoms with Gasteiger partial charge in [0, 0.05) is 24.7 Å². The minimum atomic E-state index is -0.843. The Labute approximate surface area is 205 Å². The highest BCUT2D eigenvalue weighted by Gasteiger charge is 2.35.